The van der Waals surface area contributed by atoms with Gasteiger partial charge in [0.25, 0.3) is 0 Å². The molecule has 0 radical (unpaired) electrons. The second-order valence-electron chi connectivity index (χ2n) is 6.23. The first-order valence-electron chi connectivity index (χ1n) is 8.40. The van der Waals surface area contributed by atoms with Crippen molar-refractivity contribution in [3.63, 3.8) is 0 Å². The summed E-state index contributed by atoms with van der Waals surface area (Å²) in [6.45, 7) is 4.10. The van der Waals surface area contributed by atoms with Gasteiger partial charge >= 0.3 is 12.4 Å². The largest absolute Gasteiger partial charge is 0.496 e. The molecule has 0 saturated carbocycles. The lowest BCUT2D eigenvalue weighted by Crippen LogP contribution is -2.45. The normalized spacial score (nSPS) is 18.0. The maximum Gasteiger partial charge on any atom is 0.416 e. The fraction of sp³-hybridized carbons (Fsp3) is 0.647. The SMILES string of the molecule is CCC[C@@H](c1c(OC)cc(C(F)(F)F)cc1C(F)(F)F)N1CCNCC1. The third kappa shape index (κ3) is 4.62. The molecule has 148 valence electrons. The number of hydrogen-bond donors (Lipinski definition) is 1. The van der Waals surface area contributed by atoms with E-state index < -0.39 is 29.5 Å². The van der Waals surface area contributed by atoms with Crippen molar-refractivity contribution in [3.05, 3.63) is 28.8 Å². The van der Waals surface area contributed by atoms with E-state index in [0.29, 0.717) is 45.1 Å². The van der Waals surface area contributed by atoms with E-state index in [4.69, 9.17) is 4.74 Å². The molecule has 1 fully saturated rings. The molecule has 3 nitrogen and oxygen atoms in total. The fourth-order valence-corrected chi connectivity index (χ4v) is 3.31. The van der Waals surface area contributed by atoms with Crippen LogP contribution in [0.2, 0.25) is 0 Å². The molecule has 2 rings (SSSR count). The molecule has 9 heteroatoms. The summed E-state index contributed by atoms with van der Waals surface area (Å²) in [6.07, 6.45) is -8.81. The number of halogens is 6. The van der Waals surface area contributed by atoms with Gasteiger partial charge < -0.3 is 10.1 Å². The van der Waals surface area contributed by atoms with Gasteiger partial charge in [0, 0.05) is 37.8 Å². The molecule has 1 aliphatic heterocycles. The predicted octanol–water partition coefficient (Wildman–Crippen LogP) is 4.48. The minimum absolute atomic E-state index is 0.197. The van der Waals surface area contributed by atoms with Crippen LogP contribution in [0.1, 0.15) is 42.5 Å². The Morgan fingerprint density at radius 3 is 2.15 bits per heavy atom. The highest BCUT2D eigenvalue weighted by molar-refractivity contribution is 5.48. The number of ether oxygens (including phenoxy) is 1. The number of nitrogens with one attached hydrogen (secondary N) is 1. The highest BCUT2D eigenvalue weighted by Crippen LogP contribution is 2.46. The molecule has 26 heavy (non-hydrogen) atoms. The van der Waals surface area contributed by atoms with Crippen LogP contribution in [0, 0.1) is 0 Å². The molecule has 1 atom stereocenters. The molecule has 1 N–H and O–H groups in total. The zero-order valence-corrected chi connectivity index (χ0v) is 14.6. The average molecular weight is 384 g/mol. The number of benzene rings is 1. The van der Waals surface area contributed by atoms with Gasteiger partial charge in [0.2, 0.25) is 0 Å². The van der Waals surface area contributed by atoms with Gasteiger partial charge in [0.05, 0.1) is 18.2 Å². The van der Waals surface area contributed by atoms with Gasteiger partial charge in [-0.25, -0.2) is 0 Å². The van der Waals surface area contributed by atoms with Gasteiger partial charge in [-0.1, -0.05) is 13.3 Å². The molecule has 0 spiro atoms. The van der Waals surface area contributed by atoms with Crippen molar-refractivity contribution >= 4 is 0 Å². The smallest absolute Gasteiger partial charge is 0.416 e. The van der Waals surface area contributed by atoms with Crippen LogP contribution in [0.25, 0.3) is 0 Å². The first kappa shape index (κ1) is 20.8. The molecule has 0 aliphatic carbocycles. The Hall–Kier alpha value is -1.48. The van der Waals surface area contributed by atoms with Crippen molar-refractivity contribution < 1.29 is 31.1 Å². The van der Waals surface area contributed by atoms with Crippen molar-refractivity contribution in [2.24, 2.45) is 0 Å². The van der Waals surface area contributed by atoms with E-state index >= 15 is 0 Å². The van der Waals surface area contributed by atoms with Crippen molar-refractivity contribution in [3.8, 4) is 5.75 Å². The molecule has 0 amide bonds. The quantitative estimate of drug-likeness (QED) is 0.758. The molecular weight excluding hydrogens is 362 g/mol. The Labute approximate surface area is 148 Å². The minimum Gasteiger partial charge on any atom is -0.496 e. The first-order chi connectivity index (χ1) is 12.1. The maximum absolute atomic E-state index is 13.6. The van der Waals surface area contributed by atoms with Gasteiger partial charge in [-0.05, 0) is 18.6 Å². The van der Waals surface area contributed by atoms with E-state index in [0.717, 1.165) is 7.11 Å². The Bertz CT molecular complexity index is 608. The summed E-state index contributed by atoms with van der Waals surface area (Å²) in [6, 6.07) is 0.203. The van der Waals surface area contributed by atoms with Gasteiger partial charge in [0.15, 0.2) is 0 Å². The monoisotopic (exact) mass is 384 g/mol. The van der Waals surface area contributed by atoms with Crippen molar-refractivity contribution in [2.45, 2.75) is 38.2 Å². The number of nitrogens with zero attached hydrogens (tertiary/aromatic N) is 1. The summed E-state index contributed by atoms with van der Waals surface area (Å²) in [7, 11) is 1.10. The zero-order chi connectivity index (χ0) is 19.5. The molecule has 0 bridgehead atoms. The third-order valence-electron chi connectivity index (χ3n) is 4.48. The van der Waals surface area contributed by atoms with Crippen LogP contribution < -0.4 is 10.1 Å². The summed E-state index contributed by atoms with van der Waals surface area (Å²) in [5.74, 6) is -0.371. The van der Waals surface area contributed by atoms with Gasteiger partial charge in [0.1, 0.15) is 5.75 Å². The van der Waals surface area contributed by atoms with Crippen LogP contribution in [0.15, 0.2) is 12.1 Å². The molecule has 0 unspecified atom stereocenters. The summed E-state index contributed by atoms with van der Waals surface area (Å²) >= 11 is 0. The Morgan fingerprint density at radius 1 is 1.08 bits per heavy atom. The lowest BCUT2D eigenvalue weighted by Gasteiger charge is -2.37. The first-order valence-corrected chi connectivity index (χ1v) is 8.40. The third-order valence-corrected chi connectivity index (χ3v) is 4.48. The molecular formula is C17H22F6N2O. The van der Waals surface area contributed by atoms with Crippen LogP contribution >= 0.6 is 0 Å². The maximum atomic E-state index is 13.6. The molecule has 1 heterocycles. The van der Waals surface area contributed by atoms with Crippen LogP contribution in [0.3, 0.4) is 0 Å². The van der Waals surface area contributed by atoms with E-state index in [1.807, 2.05) is 11.8 Å². The van der Waals surface area contributed by atoms with Gasteiger partial charge in [-0.15, -0.1) is 0 Å². The number of methoxy groups -OCH3 is 1. The Kier molecular flexibility index (Phi) is 6.44. The number of rotatable bonds is 5. The lowest BCUT2D eigenvalue weighted by atomic mass is 9.91. The second kappa shape index (κ2) is 8.04. The summed E-state index contributed by atoms with van der Waals surface area (Å²) in [5, 5.41) is 3.12. The van der Waals surface area contributed by atoms with Crippen molar-refractivity contribution in [1.29, 1.82) is 0 Å². The number of piperazine rings is 1. The van der Waals surface area contributed by atoms with E-state index in [-0.39, 0.29) is 17.4 Å². The summed E-state index contributed by atoms with van der Waals surface area (Å²) < 4.78 is 85.1. The van der Waals surface area contributed by atoms with Gasteiger partial charge in [-0.3, -0.25) is 4.90 Å². The highest BCUT2D eigenvalue weighted by atomic mass is 19.4. The average Bonchev–Trinajstić information content (AvgIpc) is 2.57. The predicted molar refractivity (Wildman–Crippen MR) is 85.1 cm³/mol. The topological polar surface area (TPSA) is 24.5 Å². The highest BCUT2D eigenvalue weighted by Gasteiger charge is 2.42. The van der Waals surface area contributed by atoms with Crippen molar-refractivity contribution in [1.82, 2.24) is 10.2 Å². The molecule has 1 aromatic rings. The Balaban J connectivity index is 2.66. The number of hydrogen-bond acceptors (Lipinski definition) is 3. The molecule has 1 saturated heterocycles. The van der Waals surface area contributed by atoms with Crippen LogP contribution in [0.5, 0.6) is 5.75 Å². The fourth-order valence-electron chi connectivity index (χ4n) is 3.31. The summed E-state index contributed by atoms with van der Waals surface area (Å²) in [4.78, 5) is 1.88. The minimum atomic E-state index is -4.91. The van der Waals surface area contributed by atoms with Gasteiger partial charge in [-0.2, -0.15) is 26.3 Å². The molecule has 1 aromatic carbocycles. The molecule has 1 aliphatic rings. The van der Waals surface area contributed by atoms with Crippen LogP contribution in [-0.4, -0.2) is 38.2 Å². The standard InChI is InChI=1S/C17H22F6N2O/c1-3-4-13(25-7-5-24-6-8-25)15-12(17(21,22)23)9-11(16(18,19)20)10-14(15)26-2/h9-10,13,24H,3-8H2,1-2H3/t13-/m0/s1. The second-order valence-corrected chi connectivity index (χ2v) is 6.23. The van der Waals surface area contributed by atoms with Crippen molar-refractivity contribution in [2.75, 3.05) is 33.3 Å². The van der Waals surface area contributed by atoms with E-state index in [9.17, 15) is 26.3 Å². The van der Waals surface area contributed by atoms with E-state index in [2.05, 4.69) is 5.32 Å². The van der Waals surface area contributed by atoms with E-state index in [1.54, 1.807) is 0 Å². The zero-order valence-electron chi connectivity index (χ0n) is 14.6. The van der Waals surface area contributed by atoms with Crippen LogP contribution in [0.4, 0.5) is 26.3 Å². The Morgan fingerprint density at radius 2 is 1.69 bits per heavy atom. The summed E-state index contributed by atoms with van der Waals surface area (Å²) in [5.41, 5.74) is -2.85. The van der Waals surface area contributed by atoms with E-state index in [1.165, 1.54) is 0 Å². The number of alkyl halides is 6. The molecule has 0 aromatic heterocycles. The van der Waals surface area contributed by atoms with Crippen LogP contribution in [-0.2, 0) is 12.4 Å². The lowest BCUT2D eigenvalue weighted by molar-refractivity contribution is -0.144.